The molecular formula is C13H17ClN2O3. The minimum Gasteiger partial charge on any atom is -0.346 e. The smallest absolute Gasteiger partial charge is 0.273 e. The molecule has 5 nitrogen and oxygen atoms in total. The Hall–Kier alpha value is -1.62. The molecule has 0 radical (unpaired) electrons. The van der Waals surface area contributed by atoms with Crippen molar-refractivity contribution in [1.29, 1.82) is 0 Å². The first-order valence-electron chi connectivity index (χ1n) is 5.97. The Balaban J connectivity index is 3.08. The molecule has 0 aliphatic carbocycles. The molecule has 1 amide bonds. The molecule has 0 bridgehead atoms. The molecule has 1 aromatic rings. The molecule has 0 aliphatic rings. The summed E-state index contributed by atoms with van der Waals surface area (Å²) in [7, 11) is 0. The van der Waals surface area contributed by atoms with E-state index >= 15 is 0 Å². The van der Waals surface area contributed by atoms with Crippen LogP contribution in [0, 0.1) is 17.0 Å². The van der Waals surface area contributed by atoms with E-state index in [-0.39, 0.29) is 17.5 Å². The number of hydrogen-bond donors (Lipinski definition) is 1. The van der Waals surface area contributed by atoms with Crippen LogP contribution < -0.4 is 5.32 Å². The molecule has 0 aromatic heterocycles. The van der Waals surface area contributed by atoms with Gasteiger partial charge in [-0.1, -0.05) is 13.0 Å². The predicted molar refractivity (Wildman–Crippen MR) is 74.7 cm³/mol. The van der Waals surface area contributed by atoms with E-state index in [4.69, 9.17) is 11.6 Å². The maximum Gasteiger partial charge on any atom is 0.273 e. The van der Waals surface area contributed by atoms with E-state index in [0.717, 1.165) is 0 Å². The summed E-state index contributed by atoms with van der Waals surface area (Å²) in [5.74, 6) is -0.0605. The van der Waals surface area contributed by atoms with Crippen LogP contribution >= 0.6 is 11.6 Å². The Bertz CT molecular complexity index is 499. The molecule has 104 valence electrons. The topological polar surface area (TPSA) is 72.2 Å². The zero-order valence-electron chi connectivity index (χ0n) is 11.2. The Morgan fingerprint density at radius 1 is 1.53 bits per heavy atom. The lowest BCUT2D eigenvalue weighted by atomic mass is 9.99. The van der Waals surface area contributed by atoms with E-state index in [2.05, 4.69) is 5.32 Å². The fourth-order valence-electron chi connectivity index (χ4n) is 1.62. The minimum atomic E-state index is -0.518. The van der Waals surface area contributed by atoms with Gasteiger partial charge in [0.25, 0.3) is 11.6 Å². The molecule has 0 aliphatic heterocycles. The summed E-state index contributed by atoms with van der Waals surface area (Å²) in [5, 5.41) is 13.7. The van der Waals surface area contributed by atoms with Crippen molar-refractivity contribution in [2.45, 2.75) is 32.7 Å². The molecule has 0 spiro atoms. The third-order valence-electron chi connectivity index (χ3n) is 3.24. The normalized spacial score (nSPS) is 13.7. The standard InChI is InChI=1S/C13H17ClN2O3/c1-4-13(3,8-14)15-12(17)10-6-5-7-11(9(10)2)16(18)19/h5-7H,4,8H2,1-3H3,(H,15,17). The van der Waals surface area contributed by atoms with Gasteiger partial charge in [0.05, 0.1) is 10.5 Å². The van der Waals surface area contributed by atoms with Crippen LogP contribution in [0.25, 0.3) is 0 Å². The van der Waals surface area contributed by atoms with Crippen LogP contribution in [0.1, 0.15) is 36.2 Å². The number of nitrogens with one attached hydrogen (secondary N) is 1. The minimum absolute atomic E-state index is 0.0586. The highest BCUT2D eigenvalue weighted by molar-refractivity contribution is 6.18. The number of nitro groups is 1. The van der Waals surface area contributed by atoms with Gasteiger partial charge in [0.15, 0.2) is 0 Å². The molecule has 0 saturated heterocycles. The van der Waals surface area contributed by atoms with E-state index in [1.165, 1.54) is 12.1 Å². The molecule has 1 aromatic carbocycles. The molecule has 0 fully saturated rings. The number of carbonyl (C=O) groups excluding carboxylic acids is 1. The number of alkyl halides is 1. The van der Waals surface area contributed by atoms with Gasteiger partial charge in [-0.15, -0.1) is 11.6 Å². The first kappa shape index (κ1) is 15.4. The van der Waals surface area contributed by atoms with E-state index < -0.39 is 10.5 Å². The quantitative estimate of drug-likeness (QED) is 0.513. The molecule has 6 heteroatoms. The first-order valence-corrected chi connectivity index (χ1v) is 6.50. The van der Waals surface area contributed by atoms with Gasteiger partial charge in [0, 0.05) is 23.1 Å². The van der Waals surface area contributed by atoms with Crippen molar-refractivity contribution in [2.75, 3.05) is 5.88 Å². The van der Waals surface area contributed by atoms with Crippen LogP contribution in [-0.4, -0.2) is 22.2 Å². The average molecular weight is 285 g/mol. The average Bonchev–Trinajstić information content (AvgIpc) is 2.38. The van der Waals surface area contributed by atoms with Crippen molar-refractivity contribution < 1.29 is 9.72 Å². The summed E-state index contributed by atoms with van der Waals surface area (Å²) in [6.45, 7) is 5.32. The third kappa shape index (κ3) is 3.44. The van der Waals surface area contributed by atoms with Crippen LogP contribution in [0.2, 0.25) is 0 Å². The number of rotatable bonds is 5. The molecule has 0 heterocycles. The van der Waals surface area contributed by atoms with E-state index in [1.54, 1.807) is 13.0 Å². The summed E-state index contributed by atoms with van der Waals surface area (Å²) in [5.41, 5.74) is 0.0872. The van der Waals surface area contributed by atoms with Gasteiger partial charge in [0.1, 0.15) is 0 Å². The molecule has 19 heavy (non-hydrogen) atoms. The summed E-state index contributed by atoms with van der Waals surface area (Å²) in [6, 6.07) is 4.46. The number of benzene rings is 1. The van der Waals surface area contributed by atoms with E-state index in [9.17, 15) is 14.9 Å². The highest BCUT2D eigenvalue weighted by atomic mass is 35.5. The Morgan fingerprint density at radius 2 is 2.16 bits per heavy atom. The second-order valence-corrected chi connectivity index (χ2v) is 4.98. The highest BCUT2D eigenvalue weighted by Crippen LogP contribution is 2.22. The van der Waals surface area contributed by atoms with Gasteiger partial charge in [-0.25, -0.2) is 0 Å². The monoisotopic (exact) mass is 284 g/mol. The summed E-state index contributed by atoms with van der Waals surface area (Å²) < 4.78 is 0. The van der Waals surface area contributed by atoms with Crippen molar-refractivity contribution >= 4 is 23.2 Å². The second-order valence-electron chi connectivity index (χ2n) is 4.71. The van der Waals surface area contributed by atoms with E-state index in [1.807, 2.05) is 13.8 Å². The Labute approximate surface area is 117 Å². The lowest BCUT2D eigenvalue weighted by molar-refractivity contribution is -0.385. The summed E-state index contributed by atoms with van der Waals surface area (Å²) in [6.07, 6.45) is 0.677. The van der Waals surface area contributed by atoms with Crippen LogP contribution in [0.4, 0.5) is 5.69 Å². The van der Waals surface area contributed by atoms with Gasteiger partial charge in [-0.2, -0.15) is 0 Å². The van der Waals surface area contributed by atoms with Crippen LogP contribution in [0.15, 0.2) is 18.2 Å². The van der Waals surface area contributed by atoms with Crippen molar-refractivity contribution in [2.24, 2.45) is 0 Å². The van der Waals surface area contributed by atoms with Gasteiger partial charge in [0.2, 0.25) is 0 Å². The zero-order valence-corrected chi connectivity index (χ0v) is 12.0. The van der Waals surface area contributed by atoms with Gasteiger partial charge < -0.3 is 5.32 Å². The fraction of sp³-hybridized carbons (Fsp3) is 0.462. The number of carbonyl (C=O) groups is 1. The van der Waals surface area contributed by atoms with Crippen LogP contribution in [0.5, 0.6) is 0 Å². The number of halogens is 1. The SMILES string of the molecule is CCC(C)(CCl)NC(=O)c1cccc([N+](=O)[O-])c1C. The van der Waals surface area contributed by atoms with Crippen molar-refractivity contribution in [3.8, 4) is 0 Å². The Morgan fingerprint density at radius 3 is 2.63 bits per heavy atom. The molecule has 1 rings (SSSR count). The van der Waals surface area contributed by atoms with Crippen LogP contribution in [0.3, 0.4) is 0 Å². The fourth-order valence-corrected chi connectivity index (χ4v) is 1.88. The molecule has 0 saturated carbocycles. The van der Waals surface area contributed by atoms with Crippen molar-refractivity contribution in [3.05, 3.63) is 39.4 Å². The third-order valence-corrected chi connectivity index (χ3v) is 3.83. The first-order chi connectivity index (χ1) is 8.84. The van der Waals surface area contributed by atoms with Crippen molar-refractivity contribution in [3.63, 3.8) is 0 Å². The van der Waals surface area contributed by atoms with Gasteiger partial charge in [-0.3, -0.25) is 14.9 Å². The molecule has 1 unspecified atom stereocenters. The van der Waals surface area contributed by atoms with Gasteiger partial charge in [-0.05, 0) is 26.3 Å². The predicted octanol–water partition coefficient (Wildman–Crippen LogP) is 3.04. The van der Waals surface area contributed by atoms with Gasteiger partial charge >= 0.3 is 0 Å². The summed E-state index contributed by atoms with van der Waals surface area (Å²) in [4.78, 5) is 22.5. The Kier molecular flexibility index (Phi) is 4.89. The summed E-state index contributed by atoms with van der Waals surface area (Å²) >= 11 is 5.84. The number of hydrogen-bond acceptors (Lipinski definition) is 3. The zero-order chi connectivity index (χ0) is 14.6. The lowest BCUT2D eigenvalue weighted by Gasteiger charge is -2.27. The highest BCUT2D eigenvalue weighted by Gasteiger charge is 2.26. The van der Waals surface area contributed by atoms with Crippen molar-refractivity contribution in [1.82, 2.24) is 5.32 Å². The largest absolute Gasteiger partial charge is 0.346 e. The molecule has 1 atom stereocenters. The molecule has 1 N–H and O–H groups in total. The lowest BCUT2D eigenvalue weighted by Crippen LogP contribution is -2.47. The number of nitrogens with zero attached hydrogens (tertiary/aromatic N) is 1. The second kappa shape index (κ2) is 6.02. The number of amides is 1. The maximum atomic E-state index is 12.2. The van der Waals surface area contributed by atoms with Crippen LogP contribution in [-0.2, 0) is 0 Å². The molecular weight excluding hydrogens is 268 g/mol. The number of nitro benzene ring substituents is 1. The maximum absolute atomic E-state index is 12.2. The van der Waals surface area contributed by atoms with E-state index in [0.29, 0.717) is 17.5 Å².